The number of benzene rings is 6. The topological polar surface area (TPSA) is 404 Å². The summed E-state index contributed by atoms with van der Waals surface area (Å²) in [6.45, 7) is 6.33. The van der Waals surface area contributed by atoms with E-state index in [0.717, 1.165) is 63.2 Å². The van der Waals surface area contributed by atoms with Crippen molar-refractivity contribution in [2.75, 3.05) is 48.4 Å². The molecule has 9 rings (SSSR count). The first-order valence-corrected chi connectivity index (χ1v) is 39.2. The van der Waals surface area contributed by atoms with Crippen LogP contribution < -0.4 is 36.0 Å². The van der Waals surface area contributed by atoms with Crippen LogP contribution in [-0.4, -0.2) is 136 Å². The molecule has 24 nitrogen and oxygen atoms in total. The van der Waals surface area contributed by atoms with Gasteiger partial charge < -0.3 is 25.6 Å². The highest BCUT2D eigenvalue weighted by molar-refractivity contribution is 9.10. The molecule has 0 bridgehead atoms. The molecule has 92 heavy (non-hydrogen) atoms. The summed E-state index contributed by atoms with van der Waals surface area (Å²) >= 11 is 7.37. The third kappa shape index (κ3) is 27.7. The van der Waals surface area contributed by atoms with Crippen molar-refractivity contribution in [2.45, 2.75) is 18.1 Å². The Balaban J connectivity index is 0.000000226. The molecular weight excluding hydrogens is 1430 g/mol. The third-order valence-electron chi connectivity index (χ3n) is 11.6. The van der Waals surface area contributed by atoms with E-state index in [2.05, 4.69) is 70.7 Å². The van der Waals surface area contributed by atoms with Crippen LogP contribution in [0.25, 0.3) is 52.9 Å². The number of sulfonamides is 3. The van der Waals surface area contributed by atoms with Crippen LogP contribution in [-0.2, 0) is 76.2 Å². The van der Waals surface area contributed by atoms with Gasteiger partial charge in [-0.05, 0) is 76.9 Å². The number of nitrogens with two attached hydrogens (primary N) is 3. The summed E-state index contributed by atoms with van der Waals surface area (Å²) in [6.07, 6.45) is 2.68. The minimum atomic E-state index is -3.96. The van der Waals surface area contributed by atoms with Crippen molar-refractivity contribution < 1.29 is 66.2 Å². The Morgan fingerprint density at radius 1 is 0.554 bits per heavy atom. The van der Waals surface area contributed by atoms with Crippen LogP contribution in [0.4, 0.5) is 0 Å². The Kier molecular flexibility index (Phi) is 29.6. The number of carbonyl (C=O) groups excluding carboxylic acids is 3. The van der Waals surface area contributed by atoms with E-state index in [1.807, 2.05) is 121 Å². The van der Waals surface area contributed by atoms with Crippen LogP contribution in [0.15, 0.2) is 175 Å². The number of thiazole rings is 3. The van der Waals surface area contributed by atoms with E-state index >= 15 is 0 Å². The number of amides is 3. The number of halogens is 2. The Morgan fingerprint density at radius 2 is 0.957 bits per heavy atom. The zero-order valence-corrected chi connectivity index (χ0v) is 57.3. The molecule has 0 aliphatic heterocycles. The van der Waals surface area contributed by atoms with E-state index < -0.39 is 71.6 Å². The van der Waals surface area contributed by atoms with Crippen LogP contribution in [0.1, 0.15) is 20.3 Å². The quantitative estimate of drug-likeness (QED) is 0.0199. The lowest BCUT2D eigenvalue weighted by atomic mass is 10.1. The van der Waals surface area contributed by atoms with Gasteiger partial charge in [-0.2, -0.15) is 0 Å². The summed E-state index contributed by atoms with van der Waals surface area (Å²) in [4.78, 5) is 49.4. The lowest BCUT2D eigenvalue weighted by Crippen LogP contribution is -2.38. The molecule has 1 unspecified atom stereocenters. The minimum Gasteiger partial charge on any atom is -0.537 e. The van der Waals surface area contributed by atoms with Crippen molar-refractivity contribution >= 4 is 166 Å². The van der Waals surface area contributed by atoms with E-state index in [9.17, 15) is 56.5 Å². The van der Waals surface area contributed by atoms with Gasteiger partial charge in [-0.1, -0.05) is 119 Å². The average molecular weight is 1490 g/mol. The molecule has 0 aliphatic rings. The Morgan fingerprint density at radius 3 is 1.37 bits per heavy atom. The van der Waals surface area contributed by atoms with E-state index in [1.165, 1.54) is 34.8 Å². The molecule has 6 aromatic carbocycles. The molecular formula is C57H61BBrClN9O15S8. The molecule has 489 valence electrons. The number of para-hydroxylation sites is 1. The number of hydrogen-bond donors (Lipinski definition) is 7. The zero-order chi connectivity index (χ0) is 67.7. The Labute approximate surface area is 558 Å². The molecule has 0 saturated carbocycles. The Hall–Kier alpha value is -6.90. The van der Waals surface area contributed by atoms with Crippen molar-refractivity contribution in [1.82, 2.24) is 30.9 Å². The number of sulfone groups is 1. The molecule has 10 N–H and O–H groups in total. The van der Waals surface area contributed by atoms with Crippen molar-refractivity contribution in [3.05, 3.63) is 190 Å². The van der Waals surface area contributed by atoms with E-state index in [1.54, 1.807) is 18.2 Å². The Bertz CT molecular complexity index is 4580. The molecule has 0 aliphatic carbocycles. The van der Waals surface area contributed by atoms with Crippen molar-refractivity contribution in [2.24, 2.45) is 15.4 Å². The van der Waals surface area contributed by atoms with Crippen LogP contribution in [0.5, 0.6) is 5.75 Å². The van der Waals surface area contributed by atoms with Crippen LogP contribution in [0.3, 0.4) is 0 Å². The monoisotopic (exact) mass is 1490 g/mol. The smallest absolute Gasteiger partial charge is 0.537 e. The maximum Gasteiger partial charge on any atom is 0.569 e. The summed E-state index contributed by atoms with van der Waals surface area (Å²) in [5, 5.41) is 30.1. The van der Waals surface area contributed by atoms with Gasteiger partial charge in [0.15, 0.2) is 15.1 Å². The van der Waals surface area contributed by atoms with Crippen molar-refractivity contribution in [3.8, 4) is 28.0 Å². The molecule has 3 aromatic heterocycles. The molecule has 3 amide bonds. The normalized spacial score (nSPS) is 11.8. The predicted octanol–water partition coefficient (Wildman–Crippen LogP) is 6.26. The van der Waals surface area contributed by atoms with Gasteiger partial charge in [-0.25, -0.2) is 72.5 Å². The van der Waals surface area contributed by atoms with Crippen molar-refractivity contribution in [3.63, 3.8) is 0 Å². The standard InChI is InChI=1S/C20H21N3O5S3.C17H17N3O3S2.C11H12BrN3O3S2.C6H6BO2.C3H5ClO2S/c1-2-11-30(25,26)18(19(24)22-10-12-31(21,27)28)20-23-16-9-8-15(13-17(16)29-20)14-6-4-3-5-7-14;18-25(22,23)9-8-19-16(21)11-17-20-14-7-6-13(10-15(14)24-17)12-4-2-1-3-5-12;12-7-1-2-8-9(5-7)19-11(15-8)6-10(16)14-3-4-20(13,17)18;8-7-9-6-4-2-1-3-5-6;1-2-3-7(4,5)6/h2-9,13,18H,1,10-12H2,(H,22,24)(H2,21,27,28);1-7,10H,8-9,11H2,(H,19,21)(H2,18,22,23);1-2,5H,3-4,6H2,(H,14,16)(H2,13,17,18);1-5,8H;2H,1,3H2. The summed E-state index contributed by atoms with van der Waals surface area (Å²) in [5.74, 6) is -2.40. The highest BCUT2D eigenvalue weighted by Crippen LogP contribution is 2.35. The van der Waals surface area contributed by atoms with E-state index in [0.29, 0.717) is 29.0 Å². The minimum absolute atomic E-state index is 0.000711. The number of aromatic nitrogens is 3. The number of nitrogens with one attached hydrogen (secondary N) is 3. The van der Waals surface area contributed by atoms with Gasteiger partial charge in [0.05, 0.1) is 78.0 Å². The summed E-state index contributed by atoms with van der Waals surface area (Å²) in [7, 11) is -12.8. The number of nitrogens with zero attached hydrogens (tertiary/aromatic N) is 3. The summed E-state index contributed by atoms with van der Waals surface area (Å²) in [6, 6.07) is 46.0. The molecule has 9 aromatic rings. The SMILES string of the molecule is C=CCS(=O)(=O)C(C(=O)NCCS(N)(=O)=O)c1nc2ccc(-c3ccccc3)cc2s1.C=CCS(=O)(=O)Cl.NS(=O)(=O)CCNC(=O)Cc1nc2ccc(-c3ccccc3)cc2s1.NS(=O)(=O)CCNC(=O)Cc1nc2ccc(Br)cc2s1.O[B]Oc1ccccc1. The van der Waals surface area contributed by atoms with Gasteiger partial charge in [0.1, 0.15) is 15.0 Å². The maximum absolute atomic E-state index is 12.8. The first-order valence-electron chi connectivity index (χ1n) is 26.7. The second-order valence-corrected chi connectivity index (χ2v) is 33.3. The number of rotatable bonds is 24. The largest absolute Gasteiger partial charge is 0.569 e. The first-order chi connectivity index (χ1) is 43.3. The van der Waals surface area contributed by atoms with Crippen LogP contribution in [0.2, 0.25) is 0 Å². The van der Waals surface area contributed by atoms with Gasteiger partial charge in [-0.3, -0.25) is 14.4 Å². The van der Waals surface area contributed by atoms with Gasteiger partial charge >= 0.3 is 7.69 Å². The molecule has 3 heterocycles. The van der Waals surface area contributed by atoms with E-state index in [-0.39, 0.29) is 66.6 Å². The zero-order valence-electron chi connectivity index (χ0n) is 48.4. The fraction of sp³-hybridized carbons (Fsp3) is 0.193. The summed E-state index contributed by atoms with van der Waals surface area (Å²) < 4.78 is 119. The first kappa shape index (κ1) is 75.8. The van der Waals surface area contributed by atoms with Gasteiger partial charge in [0.2, 0.25) is 56.8 Å². The third-order valence-corrected chi connectivity index (χ3v) is 20.5. The van der Waals surface area contributed by atoms with Gasteiger partial charge in [-0.15, -0.1) is 47.2 Å². The van der Waals surface area contributed by atoms with Gasteiger partial charge in [0, 0.05) is 34.8 Å². The second kappa shape index (κ2) is 36.0. The second-order valence-electron chi connectivity index (χ2n) is 19.0. The molecule has 0 saturated heterocycles. The molecule has 1 atom stereocenters. The summed E-state index contributed by atoms with van der Waals surface area (Å²) in [5.41, 5.74) is 6.40. The number of hydrogen-bond acceptors (Lipinski definition) is 21. The predicted molar refractivity (Wildman–Crippen MR) is 369 cm³/mol. The number of primary sulfonamides is 3. The maximum atomic E-state index is 12.8. The highest BCUT2D eigenvalue weighted by atomic mass is 79.9. The lowest BCUT2D eigenvalue weighted by molar-refractivity contribution is -0.121. The van der Waals surface area contributed by atoms with Crippen LogP contribution >= 0.6 is 60.6 Å². The molecule has 0 fully saturated rings. The van der Waals surface area contributed by atoms with Gasteiger partial charge in [0.25, 0.3) is 0 Å². The molecule has 0 spiro atoms. The fourth-order valence-electron chi connectivity index (χ4n) is 7.61. The molecule has 1 radical (unpaired) electrons. The average Bonchev–Trinajstić information content (AvgIpc) is 1.63. The van der Waals surface area contributed by atoms with Crippen molar-refractivity contribution in [1.29, 1.82) is 0 Å². The fourth-order valence-corrected chi connectivity index (χ4v) is 14.7. The number of carbonyl (C=O) groups is 3. The van der Waals surface area contributed by atoms with E-state index in [4.69, 9.17) is 31.1 Å². The lowest BCUT2D eigenvalue weighted by Gasteiger charge is -2.14. The van der Waals surface area contributed by atoms with Crippen LogP contribution in [0, 0.1) is 0 Å². The highest BCUT2D eigenvalue weighted by Gasteiger charge is 2.36. The molecule has 35 heteroatoms. The number of fused-ring (bicyclic) bond motifs is 3.